The van der Waals surface area contributed by atoms with Crippen LogP contribution in [0.3, 0.4) is 0 Å². The Balaban J connectivity index is 2.19. The molecular formula is C17H16N2O2. The van der Waals surface area contributed by atoms with Gasteiger partial charge in [-0.25, -0.2) is 0 Å². The summed E-state index contributed by atoms with van der Waals surface area (Å²) in [4.78, 5) is 12.0. The summed E-state index contributed by atoms with van der Waals surface area (Å²) >= 11 is 0. The highest BCUT2D eigenvalue weighted by atomic mass is 16.5. The third-order valence-corrected chi connectivity index (χ3v) is 3.53. The molecule has 2 aromatic carbocycles. The van der Waals surface area contributed by atoms with Crippen LogP contribution in [0.15, 0.2) is 54.7 Å². The molecule has 0 spiro atoms. The van der Waals surface area contributed by atoms with Gasteiger partial charge >= 0.3 is 0 Å². The number of nitrogens with one attached hydrogen (secondary N) is 1. The van der Waals surface area contributed by atoms with Crippen LogP contribution in [0.25, 0.3) is 16.6 Å². The van der Waals surface area contributed by atoms with Gasteiger partial charge in [0.1, 0.15) is 5.75 Å². The SMILES string of the molecule is CNC(=O)c1ccccc1-n1ccc2cc(OC)ccc21. The standard InChI is InChI=1S/C17H16N2O2/c1-18-17(20)14-5-3-4-6-16(14)19-10-9-12-11-13(21-2)7-8-15(12)19/h3-11H,1-2H3,(H,18,20). The summed E-state index contributed by atoms with van der Waals surface area (Å²) in [5, 5.41) is 3.75. The first-order valence-electron chi connectivity index (χ1n) is 6.71. The van der Waals surface area contributed by atoms with E-state index < -0.39 is 0 Å². The number of rotatable bonds is 3. The molecule has 0 radical (unpaired) electrons. The summed E-state index contributed by atoms with van der Waals surface area (Å²) in [5.41, 5.74) is 2.54. The lowest BCUT2D eigenvalue weighted by molar-refractivity contribution is 0.0963. The van der Waals surface area contributed by atoms with Crippen molar-refractivity contribution in [2.45, 2.75) is 0 Å². The normalized spacial score (nSPS) is 10.6. The predicted molar refractivity (Wildman–Crippen MR) is 83.2 cm³/mol. The molecular weight excluding hydrogens is 264 g/mol. The molecule has 4 heteroatoms. The number of fused-ring (bicyclic) bond motifs is 1. The Morgan fingerprint density at radius 3 is 2.71 bits per heavy atom. The van der Waals surface area contributed by atoms with Gasteiger partial charge in [0.2, 0.25) is 0 Å². The predicted octanol–water partition coefficient (Wildman–Crippen LogP) is 3.00. The van der Waals surface area contributed by atoms with Crippen LogP contribution >= 0.6 is 0 Å². The Bertz CT molecular complexity index is 805. The summed E-state index contributed by atoms with van der Waals surface area (Å²) < 4.78 is 7.26. The number of methoxy groups -OCH3 is 1. The average Bonchev–Trinajstić information content (AvgIpc) is 2.96. The molecule has 0 saturated heterocycles. The van der Waals surface area contributed by atoms with Gasteiger partial charge in [-0.05, 0) is 36.4 Å². The zero-order valence-corrected chi connectivity index (χ0v) is 12.0. The maximum Gasteiger partial charge on any atom is 0.253 e. The maximum absolute atomic E-state index is 12.0. The van der Waals surface area contributed by atoms with E-state index >= 15 is 0 Å². The molecule has 3 aromatic rings. The van der Waals surface area contributed by atoms with Crippen molar-refractivity contribution in [3.63, 3.8) is 0 Å². The first-order chi connectivity index (χ1) is 10.2. The Morgan fingerprint density at radius 2 is 1.95 bits per heavy atom. The minimum Gasteiger partial charge on any atom is -0.497 e. The molecule has 0 unspecified atom stereocenters. The maximum atomic E-state index is 12.0. The number of ether oxygens (including phenoxy) is 1. The van der Waals surface area contributed by atoms with Crippen LogP contribution in [0.2, 0.25) is 0 Å². The van der Waals surface area contributed by atoms with Crippen LogP contribution in [0, 0.1) is 0 Å². The van der Waals surface area contributed by atoms with E-state index in [0.29, 0.717) is 5.56 Å². The molecule has 0 aliphatic heterocycles. The number of aromatic nitrogens is 1. The second kappa shape index (κ2) is 5.32. The van der Waals surface area contributed by atoms with Gasteiger partial charge in [-0.3, -0.25) is 4.79 Å². The van der Waals surface area contributed by atoms with Crippen LogP contribution < -0.4 is 10.1 Å². The number of amides is 1. The molecule has 0 aliphatic carbocycles. The monoisotopic (exact) mass is 280 g/mol. The lowest BCUT2D eigenvalue weighted by Crippen LogP contribution is -2.19. The van der Waals surface area contributed by atoms with Gasteiger partial charge in [0.25, 0.3) is 5.91 Å². The largest absolute Gasteiger partial charge is 0.497 e. The van der Waals surface area contributed by atoms with Crippen LogP contribution in [0.4, 0.5) is 0 Å². The molecule has 0 bridgehead atoms. The fourth-order valence-electron chi connectivity index (χ4n) is 2.47. The molecule has 0 aliphatic rings. The highest BCUT2D eigenvalue weighted by Gasteiger charge is 2.12. The summed E-state index contributed by atoms with van der Waals surface area (Å²) in [6, 6.07) is 15.5. The third-order valence-electron chi connectivity index (χ3n) is 3.53. The molecule has 0 atom stereocenters. The van der Waals surface area contributed by atoms with E-state index in [1.54, 1.807) is 14.2 Å². The lowest BCUT2D eigenvalue weighted by Gasteiger charge is -2.11. The van der Waals surface area contributed by atoms with Crippen molar-refractivity contribution in [1.29, 1.82) is 0 Å². The quantitative estimate of drug-likeness (QED) is 0.801. The molecule has 0 saturated carbocycles. The van der Waals surface area contributed by atoms with Crippen molar-refractivity contribution >= 4 is 16.8 Å². The van der Waals surface area contributed by atoms with E-state index in [1.165, 1.54) is 0 Å². The van der Waals surface area contributed by atoms with Gasteiger partial charge in [-0.2, -0.15) is 0 Å². The second-order valence-electron chi connectivity index (χ2n) is 4.71. The van der Waals surface area contributed by atoms with Gasteiger partial charge in [-0.1, -0.05) is 12.1 Å². The number of benzene rings is 2. The fraction of sp³-hybridized carbons (Fsp3) is 0.118. The van der Waals surface area contributed by atoms with Crippen molar-refractivity contribution in [1.82, 2.24) is 9.88 Å². The van der Waals surface area contributed by atoms with E-state index in [0.717, 1.165) is 22.3 Å². The van der Waals surface area contributed by atoms with Gasteiger partial charge in [0, 0.05) is 18.6 Å². The molecule has 3 rings (SSSR count). The molecule has 4 nitrogen and oxygen atoms in total. The number of nitrogens with zero attached hydrogens (tertiary/aromatic N) is 1. The molecule has 1 amide bonds. The van der Waals surface area contributed by atoms with Gasteiger partial charge in [0.15, 0.2) is 0 Å². The average molecular weight is 280 g/mol. The van der Waals surface area contributed by atoms with Crippen molar-refractivity contribution in [3.05, 3.63) is 60.3 Å². The molecule has 1 N–H and O–H groups in total. The minimum absolute atomic E-state index is 0.0963. The van der Waals surface area contributed by atoms with E-state index in [9.17, 15) is 4.79 Å². The van der Waals surface area contributed by atoms with Gasteiger partial charge in [0.05, 0.1) is 23.9 Å². The van der Waals surface area contributed by atoms with Crippen molar-refractivity contribution in [2.24, 2.45) is 0 Å². The first kappa shape index (κ1) is 13.2. The zero-order valence-electron chi connectivity index (χ0n) is 12.0. The van der Waals surface area contributed by atoms with Crippen LogP contribution in [0.1, 0.15) is 10.4 Å². The number of para-hydroxylation sites is 1. The van der Waals surface area contributed by atoms with Crippen LogP contribution in [-0.2, 0) is 0 Å². The lowest BCUT2D eigenvalue weighted by atomic mass is 10.1. The Hall–Kier alpha value is -2.75. The zero-order chi connectivity index (χ0) is 14.8. The summed E-state index contributed by atoms with van der Waals surface area (Å²) in [6.45, 7) is 0. The highest BCUT2D eigenvalue weighted by molar-refractivity contribution is 5.98. The van der Waals surface area contributed by atoms with Crippen LogP contribution in [0.5, 0.6) is 5.75 Å². The minimum atomic E-state index is -0.0963. The second-order valence-corrected chi connectivity index (χ2v) is 4.71. The highest BCUT2D eigenvalue weighted by Crippen LogP contribution is 2.26. The molecule has 21 heavy (non-hydrogen) atoms. The number of carbonyl (C=O) groups is 1. The Morgan fingerprint density at radius 1 is 1.14 bits per heavy atom. The van der Waals surface area contributed by atoms with Crippen molar-refractivity contribution in [2.75, 3.05) is 14.2 Å². The van der Waals surface area contributed by atoms with Crippen molar-refractivity contribution in [3.8, 4) is 11.4 Å². The van der Waals surface area contributed by atoms with E-state index in [2.05, 4.69) is 5.32 Å². The molecule has 1 aromatic heterocycles. The van der Waals surface area contributed by atoms with Crippen molar-refractivity contribution < 1.29 is 9.53 Å². The number of hydrogen-bond donors (Lipinski definition) is 1. The van der Waals surface area contributed by atoms with Gasteiger partial charge in [-0.15, -0.1) is 0 Å². The van der Waals surface area contributed by atoms with E-state index in [1.807, 2.05) is 59.3 Å². The topological polar surface area (TPSA) is 43.3 Å². The molecule has 106 valence electrons. The Kier molecular flexibility index (Phi) is 3.36. The number of carbonyl (C=O) groups excluding carboxylic acids is 1. The summed E-state index contributed by atoms with van der Waals surface area (Å²) in [7, 11) is 3.29. The Labute approximate surface area is 123 Å². The third kappa shape index (κ3) is 2.25. The van der Waals surface area contributed by atoms with E-state index in [4.69, 9.17) is 4.74 Å². The smallest absolute Gasteiger partial charge is 0.253 e. The summed E-state index contributed by atoms with van der Waals surface area (Å²) in [5.74, 6) is 0.723. The van der Waals surface area contributed by atoms with E-state index in [-0.39, 0.29) is 5.91 Å². The first-order valence-corrected chi connectivity index (χ1v) is 6.71. The molecule has 0 fully saturated rings. The van der Waals surface area contributed by atoms with Crippen LogP contribution in [-0.4, -0.2) is 24.6 Å². The summed E-state index contributed by atoms with van der Waals surface area (Å²) in [6.07, 6.45) is 1.96. The molecule has 1 heterocycles. The fourth-order valence-corrected chi connectivity index (χ4v) is 2.47. The number of hydrogen-bond acceptors (Lipinski definition) is 2. The van der Waals surface area contributed by atoms with Gasteiger partial charge < -0.3 is 14.6 Å².